The minimum absolute atomic E-state index is 0.0812. The molecule has 2 rings (SSSR count). The summed E-state index contributed by atoms with van der Waals surface area (Å²) < 4.78 is 0. The van der Waals surface area contributed by atoms with Gasteiger partial charge in [-0.1, -0.05) is 35.9 Å². The molecule has 0 bridgehead atoms. The second-order valence-corrected chi connectivity index (χ2v) is 5.21. The Labute approximate surface area is 147 Å². The van der Waals surface area contributed by atoms with Crippen LogP contribution in [0, 0.1) is 10.1 Å². The van der Waals surface area contributed by atoms with Gasteiger partial charge in [0.15, 0.2) is 0 Å². The smallest absolute Gasteiger partial charge is 0.270 e. The van der Waals surface area contributed by atoms with Gasteiger partial charge in [-0.3, -0.25) is 19.7 Å². The minimum atomic E-state index is -0.554. The van der Waals surface area contributed by atoms with Crippen LogP contribution in [0.4, 0.5) is 5.69 Å². The Bertz CT molecular complexity index is 838. The Morgan fingerprint density at radius 1 is 1.20 bits per heavy atom. The summed E-state index contributed by atoms with van der Waals surface area (Å²) in [6.45, 7) is -0.295. The molecule has 0 aromatic heterocycles. The zero-order chi connectivity index (χ0) is 18.2. The van der Waals surface area contributed by atoms with E-state index >= 15 is 0 Å². The molecule has 0 heterocycles. The van der Waals surface area contributed by atoms with Crippen molar-refractivity contribution in [1.82, 2.24) is 10.7 Å². The van der Waals surface area contributed by atoms with Gasteiger partial charge in [-0.05, 0) is 12.1 Å². The molecule has 9 heteroatoms. The van der Waals surface area contributed by atoms with Crippen molar-refractivity contribution in [1.29, 1.82) is 0 Å². The second kappa shape index (κ2) is 8.55. The second-order valence-electron chi connectivity index (χ2n) is 4.81. The average Bonchev–Trinajstić information content (AvgIpc) is 2.60. The molecule has 0 aliphatic rings. The van der Waals surface area contributed by atoms with Crippen molar-refractivity contribution in [2.75, 3.05) is 6.54 Å². The Hall–Kier alpha value is -3.26. The predicted octanol–water partition coefficient (Wildman–Crippen LogP) is 2.13. The van der Waals surface area contributed by atoms with E-state index in [1.807, 2.05) is 0 Å². The lowest BCUT2D eigenvalue weighted by Gasteiger charge is -2.05. The fraction of sp³-hybridized carbons (Fsp3) is 0.0625. The van der Waals surface area contributed by atoms with Crippen molar-refractivity contribution in [2.45, 2.75) is 0 Å². The maximum absolute atomic E-state index is 11.9. The summed E-state index contributed by atoms with van der Waals surface area (Å²) in [6.07, 6.45) is 1.26. The number of hydrogen-bond acceptors (Lipinski definition) is 5. The molecule has 0 spiro atoms. The van der Waals surface area contributed by atoms with E-state index in [1.54, 1.807) is 24.3 Å². The summed E-state index contributed by atoms with van der Waals surface area (Å²) in [6, 6.07) is 12.2. The highest BCUT2D eigenvalue weighted by molar-refractivity contribution is 6.33. The lowest BCUT2D eigenvalue weighted by molar-refractivity contribution is -0.384. The van der Waals surface area contributed by atoms with Crippen LogP contribution in [0.15, 0.2) is 53.6 Å². The van der Waals surface area contributed by atoms with E-state index < -0.39 is 16.7 Å². The van der Waals surface area contributed by atoms with E-state index in [0.29, 0.717) is 5.56 Å². The van der Waals surface area contributed by atoms with Crippen molar-refractivity contribution >= 4 is 35.3 Å². The number of nitro groups is 1. The highest BCUT2D eigenvalue weighted by Crippen LogP contribution is 2.14. The molecule has 0 unspecified atom stereocenters. The van der Waals surface area contributed by atoms with Crippen molar-refractivity contribution < 1.29 is 14.5 Å². The SMILES string of the molecule is O=C(CNC(=O)c1ccccc1Cl)N/N=C\c1cccc([N+](=O)[O-])c1. The molecule has 0 radical (unpaired) electrons. The Balaban J connectivity index is 1.84. The number of carbonyl (C=O) groups excluding carboxylic acids is 2. The monoisotopic (exact) mass is 360 g/mol. The van der Waals surface area contributed by atoms with Crippen molar-refractivity contribution in [3.05, 3.63) is 74.8 Å². The number of amides is 2. The molecule has 2 aromatic carbocycles. The van der Waals surface area contributed by atoms with Crippen molar-refractivity contribution in [3.63, 3.8) is 0 Å². The zero-order valence-electron chi connectivity index (χ0n) is 12.8. The van der Waals surface area contributed by atoms with Gasteiger partial charge in [-0.2, -0.15) is 5.10 Å². The number of hydrazone groups is 1. The Morgan fingerprint density at radius 2 is 1.96 bits per heavy atom. The van der Waals surface area contributed by atoms with Crippen LogP contribution in [0.25, 0.3) is 0 Å². The van der Waals surface area contributed by atoms with Crippen LogP contribution < -0.4 is 10.7 Å². The van der Waals surface area contributed by atoms with Gasteiger partial charge in [-0.15, -0.1) is 0 Å². The van der Waals surface area contributed by atoms with E-state index in [1.165, 1.54) is 30.5 Å². The number of nitrogens with one attached hydrogen (secondary N) is 2. The van der Waals surface area contributed by atoms with Crippen LogP contribution in [0.1, 0.15) is 15.9 Å². The summed E-state index contributed by atoms with van der Waals surface area (Å²) in [5, 5.41) is 17.0. The fourth-order valence-electron chi connectivity index (χ4n) is 1.84. The number of hydrogen-bond donors (Lipinski definition) is 2. The van der Waals surface area contributed by atoms with E-state index in [2.05, 4.69) is 15.8 Å². The first-order valence-electron chi connectivity index (χ1n) is 7.06. The average molecular weight is 361 g/mol. The molecule has 0 fully saturated rings. The quantitative estimate of drug-likeness (QED) is 0.466. The molecule has 0 atom stereocenters. The zero-order valence-corrected chi connectivity index (χ0v) is 13.6. The summed E-state index contributed by atoms with van der Waals surface area (Å²) in [7, 11) is 0. The molecular formula is C16H13ClN4O4. The molecule has 0 aliphatic carbocycles. The normalized spacial score (nSPS) is 10.4. The highest BCUT2D eigenvalue weighted by Gasteiger charge is 2.10. The van der Waals surface area contributed by atoms with Gasteiger partial charge in [0.1, 0.15) is 0 Å². The molecule has 2 N–H and O–H groups in total. The van der Waals surface area contributed by atoms with Crippen LogP contribution >= 0.6 is 11.6 Å². The summed E-state index contributed by atoms with van der Waals surface area (Å²) in [4.78, 5) is 33.7. The number of nitro benzene ring substituents is 1. The highest BCUT2D eigenvalue weighted by atomic mass is 35.5. The van der Waals surface area contributed by atoms with Gasteiger partial charge >= 0.3 is 0 Å². The van der Waals surface area contributed by atoms with E-state index in [-0.39, 0.29) is 22.8 Å². The van der Waals surface area contributed by atoms with Gasteiger partial charge in [0, 0.05) is 17.7 Å². The Kier molecular flexibility index (Phi) is 6.19. The third-order valence-corrected chi connectivity index (χ3v) is 3.34. The van der Waals surface area contributed by atoms with Crippen LogP contribution in [-0.4, -0.2) is 29.5 Å². The number of rotatable bonds is 6. The number of non-ortho nitro benzene ring substituents is 1. The maximum Gasteiger partial charge on any atom is 0.270 e. The van der Waals surface area contributed by atoms with Gasteiger partial charge in [-0.25, -0.2) is 5.43 Å². The topological polar surface area (TPSA) is 114 Å². The Morgan fingerprint density at radius 3 is 2.68 bits per heavy atom. The number of carbonyl (C=O) groups is 2. The lowest BCUT2D eigenvalue weighted by atomic mass is 10.2. The van der Waals surface area contributed by atoms with Crippen molar-refractivity contribution in [2.24, 2.45) is 5.10 Å². The fourth-order valence-corrected chi connectivity index (χ4v) is 2.06. The van der Waals surface area contributed by atoms with E-state index in [9.17, 15) is 19.7 Å². The summed E-state index contributed by atoms with van der Waals surface area (Å²) in [5.41, 5.74) is 2.85. The molecule has 0 saturated carbocycles. The first kappa shape index (κ1) is 18.1. The maximum atomic E-state index is 11.9. The summed E-state index contributed by atoms with van der Waals surface area (Å²) in [5.74, 6) is -1.04. The van der Waals surface area contributed by atoms with Crippen LogP contribution in [0.2, 0.25) is 5.02 Å². The molecule has 0 aliphatic heterocycles. The molecule has 2 amide bonds. The van der Waals surface area contributed by atoms with Crippen molar-refractivity contribution in [3.8, 4) is 0 Å². The molecule has 25 heavy (non-hydrogen) atoms. The predicted molar refractivity (Wildman–Crippen MR) is 92.6 cm³/mol. The molecule has 128 valence electrons. The van der Waals surface area contributed by atoms with Crippen LogP contribution in [0.3, 0.4) is 0 Å². The first-order valence-corrected chi connectivity index (χ1v) is 7.44. The molecule has 2 aromatic rings. The minimum Gasteiger partial charge on any atom is -0.343 e. The number of halogens is 1. The van der Waals surface area contributed by atoms with Crippen LogP contribution in [-0.2, 0) is 4.79 Å². The van der Waals surface area contributed by atoms with Gasteiger partial charge in [0.25, 0.3) is 17.5 Å². The van der Waals surface area contributed by atoms with E-state index in [4.69, 9.17) is 11.6 Å². The number of benzene rings is 2. The summed E-state index contributed by atoms with van der Waals surface area (Å²) >= 11 is 5.89. The van der Waals surface area contributed by atoms with Crippen LogP contribution in [0.5, 0.6) is 0 Å². The van der Waals surface area contributed by atoms with Gasteiger partial charge in [0.2, 0.25) is 0 Å². The lowest BCUT2D eigenvalue weighted by Crippen LogP contribution is -2.35. The first-order chi connectivity index (χ1) is 12.0. The van der Waals surface area contributed by atoms with Gasteiger partial charge < -0.3 is 5.32 Å². The number of nitrogens with zero attached hydrogens (tertiary/aromatic N) is 2. The van der Waals surface area contributed by atoms with Gasteiger partial charge in [0.05, 0.1) is 28.3 Å². The molecular weight excluding hydrogens is 348 g/mol. The third kappa shape index (κ3) is 5.40. The standard InChI is InChI=1S/C16H13ClN4O4/c17-14-7-2-1-6-13(14)16(23)18-10-15(22)20-19-9-11-4-3-5-12(8-11)21(24)25/h1-9H,10H2,(H,18,23)(H,20,22)/b19-9-. The third-order valence-electron chi connectivity index (χ3n) is 3.01. The largest absolute Gasteiger partial charge is 0.343 e. The van der Waals surface area contributed by atoms with E-state index in [0.717, 1.165) is 0 Å². The molecule has 0 saturated heterocycles. The molecule has 8 nitrogen and oxygen atoms in total.